The zero-order valence-corrected chi connectivity index (χ0v) is 12.1. The van der Waals surface area contributed by atoms with E-state index < -0.39 is 6.10 Å². The van der Waals surface area contributed by atoms with Gasteiger partial charge in [0.1, 0.15) is 5.75 Å². The molecule has 2 aromatic carbocycles. The highest BCUT2D eigenvalue weighted by Crippen LogP contribution is 2.27. The van der Waals surface area contributed by atoms with Crippen molar-refractivity contribution in [3.63, 3.8) is 0 Å². The first kappa shape index (κ1) is 14.4. The minimum atomic E-state index is -0.490. The van der Waals surface area contributed by atoms with Gasteiger partial charge in [0, 0.05) is 17.3 Å². The van der Waals surface area contributed by atoms with Crippen molar-refractivity contribution in [2.24, 2.45) is 0 Å². The number of aliphatic hydroxyl groups is 1. The third kappa shape index (κ3) is 3.31. The first-order valence-electron chi connectivity index (χ1n) is 6.79. The summed E-state index contributed by atoms with van der Waals surface area (Å²) in [7, 11) is 1.67. The maximum Gasteiger partial charge on any atom is 0.119 e. The molecule has 3 nitrogen and oxygen atoms in total. The molecule has 20 heavy (non-hydrogen) atoms. The van der Waals surface area contributed by atoms with Crippen LogP contribution >= 0.6 is 0 Å². The molecule has 2 unspecified atom stereocenters. The molecule has 0 saturated carbocycles. The zero-order valence-electron chi connectivity index (χ0n) is 12.1. The average molecular weight is 271 g/mol. The Balaban J connectivity index is 2.21. The fraction of sp³-hybridized carbons (Fsp3) is 0.294. The Morgan fingerprint density at radius 1 is 1.05 bits per heavy atom. The second-order valence-corrected chi connectivity index (χ2v) is 4.91. The molecule has 0 aliphatic heterocycles. The van der Waals surface area contributed by atoms with Crippen LogP contribution in [0.2, 0.25) is 0 Å². The minimum absolute atomic E-state index is 0.130. The molecule has 0 fully saturated rings. The Morgan fingerprint density at radius 3 is 2.50 bits per heavy atom. The standard InChI is InChI=1S/C17H21NO2/c1-12(14-7-6-8-15(11-14)20-3)18-17-10-5-4-9-16(17)13(2)19/h4-13,18-19H,1-3H3. The first-order valence-corrected chi connectivity index (χ1v) is 6.79. The molecule has 0 heterocycles. The lowest BCUT2D eigenvalue weighted by atomic mass is 10.0. The lowest BCUT2D eigenvalue weighted by Crippen LogP contribution is -2.09. The Morgan fingerprint density at radius 2 is 1.80 bits per heavy atom. The van der Waals surface area contributed by atoms with Crippen molar-refractivity contribution in [3.8, 4) is 5.75 Å². The van der Waals surface area contributed by atoms with Gasteiger partial charge in [-0.05, 0) is 37.6 Å². The highest BCUT2D eigenvalue weighted by Gasteiger charge is 2.11. The van der Waals surface area contributed by atoms with Gasteiger partial charge in [-0.3, -0.25) is 0 Å². The number of benzene rings is 2. The summed E-state index contributed by atoms with van der Waals surface area (Å²) >= 11 is 0. The van der Waals surface area contributed by atoms with Crippen LogP contribution in [-0.4, -0.2) is 12.2 Å². The summed E-state index contributed by atoms with van der Waals surface area (Å²) in [5, 5.41) is 13.3. The molecule has 0 aliphatic carbocycles. The monoisotopic (exact) mass is 271 g/mol. The first-order chi connectivity index (χ1) is 9.61. The van der Waals surface area contributed by atoms with E-state index in [1.807, 2.05) is 42.5 Å². The Labute approximate surface area is 120 Å². The van der Waals surface area contributed by atoms with Crippen molar-refractivity contribution in [1.29, 1.82) is 0 Å². The fourth-order valence-electron chi connectivity index (χ4n) is 2.22. The van der Waals surface area contributed by atoms with E-state index in [1.165, 1.54) is 0 Å². The van der Waals surface area contributed by atoms with Gasteiger partial charge in [-0.2, -0.15) is 0 Å². The second-order valence-electron chi connectivity index (χ2n) is 4.91. The molecule has 2 aromatic rings. The second kappa shape index (κ2) is 6.44. The topological polar surface area (TPSA) is 41.5 Å². The Hall–Kier alpha value is -2.00. The lowest BCUT2D eigenvalue weighted by molar-refractivity contribution is 0.200. The van der Waals surface area contributed by atoms with Crippen LogP contribution < -0.4 is 10.1 Å². The Kier molecular flexibility index (Phi) is 4.64. The predicted molar refractivity (Wildman–Crippen MR) is 82.1 cm³/mol. The summed E-state index contributed by atoms with van der Waals surface area (Å²) in [6.07, 6.45) is -0.490. The molecule has 0 aromatic heterocycles. The number of hydrogen-bond donors (Lipinski definition) is 2. The van der Waals surface area contributed by atoms with Crippen molar-refractivity contribution in [3.05, 3.63) is 59.7 Å². The fourth-order valence-corrected chi connectivity index (χ4v) is 2.22. The van der Waals surface area contributed by atoms with Gasteiger partial charge < -0.3 is 15.2 Å². The van der Waals surface area contributed by atoms with E-state index in [1.54, 1.807) is 14.0 Å². The molecule has 106 valence electrons. The molecule has 0 aliphatic rings. The van der Waals surface area contributed by atoms with Gasteiger partial charge in [-0.15, -0.1) is 0 Å². The van der Waals surface area contributed by atoms with Crippen molar-refractivity contribution >= 4 is 5.69 Å². The largest absolute Gasteiger partial charge is 0.497 e. The number of ether oxygens (including phenoxy) is 1. The van der Waals surface area contributed by atoms with Crippen molar-refractivity contribution in [2.45, 2.75) is 26.0 Å². The zero-order chi connectivity index (χ0) is 14.5. The molecule has 2 N–H and O–H groups in total. The summed E-state index contributed by atoms with van der Waals surface area (Å²) < 4.78 is 5.25. The molecule has 0 amide bonds. The SMILES string of the molecule is COc1cccc(C(C)Nc2ccccc2C(C)O)c1. The maximum absolute atomic E-state index is 9.81. The van der Waals surface area contributed by atoms with Gasteiger partial charge in [0.15, 0.2) is 0 Å². The lowest BCUT2D eigenvalue weighted by Gasteiger charge is -2.20. The molecule has 2 rings (SSSR count). The number of rotatable bonds is 5. The van der Waals surface area contributed by atoms with E-state index in [9.17, 15) is 5.11 Å². The van der Waals surface area contributed by atoms with Gasteiger partial charge in [0.25, 0.3) is 0 Å². The third-order valence-corrected chi connectivity index (χ3v) is 3.38. The van der Waals surface area contributed by atoms with E-state index in [0.717, 1.165) is 22.6 Å². The van der Waals surface area contributed by atoms with Crippen LogP contribution in [-0.2, 0) is 0 Å². The number of hydrogen-bond acceptors (Lipinski definition) is 3. The van der Waals surface area contributed by atoms with Crippen molar-refractivity contribution < 1.29 is 9.84 Å². The molecule has 2 atom stereocenters. The molecular formula is C17H21NO2. The summed E-state index contributed by atoms with van der Waals surface area (Å²) in [6.45, 7) is 3.87. The van der Waals surface area contributed by atoms with Crippen LogP contribution in [0.15, 0.2) is 48.5 Å². The van der Waals surface area contributed by atoms with Crippen LogP contribution in [0.4, 0.5) is 5.69 Å². The number of nitrogens with one attached hydrogen (secondary N) is 1. The van der Waals surface area contributed by atoms with E-state index in [2.05, 4.69) is 18.3 Å². The molecule has 3 heteroatoms. The van der Waals surface area contributed by atoms with Gasteiger partial charge >= 0.3 is 0 Å². The average Bonchev–Trinajstić information content (AvgIpc) is 2.47. The molecule has 0 radical (unpaired) electrons. The minimum Gasteiger partial charge on any atom is -0.497 e. The Bertz CT molecular complexity index is 566. The van der Waals surface area contributed by atoms with Crippen molar-refractivity contribution in [1.82, 2.24) is 0 Å². The molecule has 0 spiro atoms. The van der Waals surface area contributed by atoms with Crippen LogP contribution in [0.5, 0.6) is 5.75 Å². The number of methoxy groups -OCH3 is 1. The normalized spacial score (nSPS) is 13.6. The third-order valence-electron chi connectivity index (χ3n) is 3.38. The number of anilines is 1. The summed E-state index contributed by atoms with van der Waals surface area (Å²) in [5.74, 6) is 0.847. The summed E-state index contributed by atoms with van der Waals surface area (Å²) in [6, 6.07) is 15.9. The smallest absolute Gasteiger partial charge is 0.119 e. The molecular weight excluding hydrogens is 250 g/mol. The van der Waals surface area contributed by atoms with Gasteiger partial charge in [-0.1, -0.05) is 30.3 Å². The van der Waals surface area contributed by atoms with E-state index in [0.29, 0.717) is 0 Å². The van der Waals surface area contributed by atoms with E-state index in [-0.39, 0.29) is 6.04 Å². The van der Waals surface area contributed by atoms with E-state index in [4.69, 9.17) is 4.74 Å². The number of para-hydroxylation sites is 1. The highest BCUT2D eigenvalue weighted by molar-refractivity contribution is 5.53. The van der Waals surface area contributed by atoms with Gasteiger partial charge in [0.05, 0.1) is 13.2 Å². The molecule has 0 bridgehead atoms. The summed E-state index contributed by atoms with van der Waals surface area (Å²) in [4.78, 5) is 0. The van der Waals surface area contributed by atoms with Crippen LogP contribution in [0.1, 0.15) is 37.1 Å². The van der Waals surface area contributed by atoms with Crippen LogP contribution in [0, 0.1) is 0 Å². The van der Waals surface area contributed by atoms with Crippen molar-refractivity contribution in [2.75, 3.05) is 12.4 Å². The predicted octanol–water partition coefficient (Wildman–Crippen LogP) is 3.92. The van der Waals surface area contributed by atoms with Crippen LogP contribution in [0.25, 0.3) is 0 Å². The number of aliphatic hydroxyl groups excluding tert-OH is 1. The summed E-state index contributed by atoms with van der Waals surface area (Å²) in [5.41, 5.74) is 3.00. The van der Waals surface area contributed by atoms with Gasteiger partial charge in [-0.25, -0.2) is 0 Å². The van der Waals surface area contributed by atoms with E-state index >= 15 is 0 Å². The quantitative estimate of drug-likeness (QED) is 0.866. The van der Waals surface area contributed by atoms with Gasteiger partial charge in [0.2, 0.25) is 0 Å². The highest BCUT2D eigenvalue weighted by atomic mass is 16.5. The molecule has 0 saturated heterocycles. The van der Waals surface area contributed by atoms with Crippen LogP contribution in [0.3, 0.4) is 0 Å². The maximum atomic E-state index is 9.81.